The van der Waals surface area contributed by atoms with E-state index in [-0.39, 0.29) is 11.1 Å². The van der Waals surface area contributed by atoms with Crippen molar-refractivity contribution in [3.8, 4) is 23.7 Å². The number of rotatable bonds is 0. The normalized spacial score (nSPS) is 8.29. The Hall–Kier alpha value is -1.80. The lowest BCUT2D eigenvalue weighted by Crippen LogP contribution is -1.93. The fourth-order valence-corrected chi connectivity index (χ4v) is 1.01. The van der Waals surface area contributed by atoms with E-state index >= 15 is 0 Å². The first-order valence-corrected chi connectivity index (χ1v) is 4.04. The second-order valence-electron chi connectivity index (χ2n) is 2.54. The molecular weight excluding hydrogens is 182 g/mol. The summed E-state index contributed by atoms with van der Waals surface area (Å²) in [6.07, 6.45) is 0. The zero-order chi connectivity index (χ0) is 10.6. The van der Waals surface area contributed by atoms with Crippen LogP contribution in [0, 0.1) is 35.3 Å². The molecule has 0 aromatic heterocycles. The van der Waals surface area contributed by atoms with Crippen molar-refractivity contribution < 1.29 is 8.78 Å². The Balaban J connectivity index is 3.35. The molecule has 0 N–H and O–H groups in total. The molecule has 1 rings (SSSR count). The molecule has 0 aliphatic heterocycles. The van der Waals surface area contributed by atoms with Gasteiger partial charge in [0.2, 0.25) is 0 Å². The van der Waals surface area contributed by atoms with E-state index in [0.29, 0.717) is 0 Å². The van der Waals surface area contributed by atoms with Crippen LogP contribution in [0.5, 0.6) is 0 Å². The quantitative estimate of drug-likeness (QED) is 0.552. The van der Waals surface area contributed by atoms with Crippen LogP contribution >= 0.6 is 0 Å². The average Bonchev–Trinajstić information content (AvgIpc) is 2.18. The minimum Gasteiger partial charge on any atom is -0.202 e. The lowest BCUT2D eigenvalue weighted by molar-refractivity contribution is 0.504. The second kappa shape index (κ2) is 4.44. The molecule has 0 heterocycles. The van der Waals surface area contributed by atoms with Crippen molar-refractivity contribution in [2.45, 2.75) is 13.8 Å². The largest absolute Gasteiger partial charge is 0.202 e. The van der Waals surface area contributed by atoms with Crippen molar-refractivity contribution >= 4 is 0 Å². The van der Waals surface area contributed by atoms with Gasteiger partial charge in [0.05, 0.1) is 11.1 Å². The zero-order valence-corrected chi connectivity index (χ0v) is 7.91. The molecule has 0 amide bonds. The van der Waals surface area contributed by atoms with Gasteiger partial charge in [-0.2, -0.15) is 0 Å². The van der Waals surface area contributed by atoms with Crippen LogP contribution in [0.15, 0.2) is 12.1 Å². The van der Waals surface area contributed by atoms with Crippen molar-refractivity contribution in [3.05, 3.63) is 34.9 Å². The highest BCUT2D eigenvalue weighted by molar-refractivity contribution is 5.43. The fourth-order valence-electron chi connectivity index (χ4n) is 1.01. The molecule has 70 valence electrons. The van der Waals surface area contributed by atoms with E-state index in [2.05, 4.69) is 23.7 Å². The zero-order valence-electron chi connectivity index (χ0n) is 7.91. The SMILES string of the molecule is CC#Cc1ccc(C#CC)c(F)c1F. The predicted octanol–water partition coefficient (Wildman–Crippen LogP) is 2.71. The van der Waals surface area contributed by atoms with E-state index in [4.69, 9.17) is 0 Å². The molecule has 0 spiro atoms. The molecule has 2 heteroatoms. The Morgan fingerprint density at radius 1 is 0.857 bits per heavy atom. The number of hydrogen-bond donors (Lipinski definition) is 0. The monoisotopic (exact) mass is 190 g/mol. The van der Waals surface area contributed by atoms with Gasteiger partial charge in [-0.25, -0.2) is 8.78 Å². The fraction of sp³-hybridized carbons (Fsp3) is 0.167. The average molecular weight is 190 g/mol. The first kappa shape index (κ1) is 10.3. The summed E-state index contributed by atoms with van der Waals surface area (Å²) in [6, 6.07) is 2.85. The Kier molecular flexibility index (Phi) is 3.26. The molecule has 0 unspecified atom stereocenters. The number of halogens is 2. The standard InChI is InChI=1S/C12H8F2/c1-3-5-9-7-8-10(6-4-2)12(14)11(9)13/h7-8H,1-2H3. The van der Waals surface area contributed by atoms with Gasteiger partial charge in [-0.05, 0) is 26.0 Å². The molecule has 0 bridgehead atoms. The highest BCUT2D eigenvalue weighted by atomic mass is 19.2. The van der Waals surface area contributed by atoms with Gasteiger partial charge in [0.25, 0.3) is 0 Å². The molecule has 0 fully saturated rings. The molecule has 0 atom stereocenters. The van der Waals surface area contributed by atoms with Crippen LogP contribution in [0.1, 0.15) is 25.0 Å². The van der Waals surface area contributed by atoms with Gasteiger partial charge in [0, 0.05) is 0 Å². The third kappa shape index (κ3) is 1.92. The maximum absolute atomic E-state index is 13.2. The van der Waals surface area contributed by atoms with Crippen LogP contribution in [0.3, 0.4) is 0 Å². The number of benzene rings is 1. The van der Waals surface area contributed by atoms with Crippen molar-refractivity contribution in [2.24, 2.45) is 0 Å². The van der Waals surface area contributed by atoms with Gasteiger partial charge in [0.15, 0.2) is 11.6 Å². The Bertz CT molecular complexity index is 420. The molecule has 14 heavy (non-hydrogen) atoms. The van der Waals surface area contributed by atoms with Crippen LogP contribution in [-0.4, -0.2) is 0 Å². The lowest BCUT2D eigenvalue weighted by atomic mass is 10.1. The minimum atomic E-state index is -0.931. The van der Waals surface area contributed by atoms with Gasteiger partial charge in [-0.15, -0.1) is 11.8 Å². The summed E-state index contributed by atoms with van der Waals surface area (Å²) in [6.45, 7) is 3.13. The van der Waals surface area contributed by atoms with Crippen LogP contribution < -0.4 is 0 Å². The van der Waals surface area contributed by atoms with Gasteiger partial charge in [-0.3, -0.25) is 0 Å². The topological polar surface area (TPSA) is 0 Å². The second-order valence-corrected chi connectivity index (χ2v) is 2.54. The van der Waals surface area contributed by atoms with Gasteiger partial charge < -0.3 is 0 Å². The van der Waals surface area contributed by atoms with E-state index in [1.807, 2.05) is 0 Å². The third-order valence-corrected chi connectivity index (χ3v) is 1.60. The molecule has 0 nitrogen and oxygen atoms in total. The Morgan fingerprint density at radius 3 is 1.50 bits per heavy atom. The predicted molar refractivity (Wildman–Crippen MR) is 51.5 cm³/mol. The van der Waals surface area contributed by atoms with E-state index in [0.717, 1.165) is 0 Å². The molecule has 0 radical (unpaired) electrons. The summed E-state index contributed by atoms with van der Waals surface area (Å²) in [5.41, 5.74) is 0.123. The molecule has 1 aromatic carbocycles. The summed E-state index contributed by atoms with van der Waals surface area (Å²) < 4.78 is 26.5. The van der Waals surface area contributed by atoms with E-state index < -0.39 is 11.6 Å². The summed E-state index contributed by atoms with van der Waals surface area (Å²) in [4.78, 5) is 0. The molecule has 0 saturated carbocycles. The maximum atomic E-state index is 13.2. The van der Waals surface area contributed by atoms with Crippen molar-refractivity contribution in [1.82, 2.24) is 0 Å². The lowest BCUT2D eigenvalue weighted by Gasteiger charge is -1.98. The summed E-state index contributed by atoms with van der Waals surface area (Å²) >= 11 is 0. The summed E-state index contributed by atoms with van der Waals surface area (Å²) in [5.74, 6) is 8.11. The van der Waals surface area contributed by atoms with Gasteiger partial charge >= 0.3 is 0 Å². The molecule has 0 saturated heterocycles. The van der Waals surface area contributed by atoms with Gasteiger partial charge in [0.1, 0.15) is 0 Å². The first-order valence-electron chi connectivity index (χ1n) is 4.04. The van der Waals surface area contributed by atoms with E-state index in [1.54, 1.807) is 13.8 Å². The van der Waals surface area contributed by atoms with Crippen LogP contribution in [0.25, 0.3) is 0 Å². The smallest absolute Gasteiger partial charge is 0.175 e. The van der Waals surface area contributed by atoms with E-state index in [1.165, 1.54) is 12.1 Å². The molecule has 0 aliphatic rings. The highest BCUT2D eigenvalue weighted by Crippen LogP contribution is 2.14. The molecular formula is C12H8F2. The first-order chi connectivity index (χ1) is 6.70. The van der Waals surface area contributed by atoms with Crippen molar-refractivity contribution in [1.29, 1.82) is 0 Å². The van der Waals surface area contributed by atoms with Crippen molar-refractivity contribution in [2.75, 3.05) is 0 Å². The number of hydrogen-bond acceptors (Lipinski definition) is 0. The molecule has 1 aromatic rings. The Morgan fingerprint density at radius 2 is 1.21 bits per heavy atom. The highest BCUT2D eigenvalue weighted by Gasteiger charge is 2.10. The maximum Gasteiger partial charge on any atom is 0.175 e. The summed E-state index contributed by atoms with van der Waals surface area (Å²) in [7, 11) is 0. The van der Waals surface area contributed by atoms with Crippen LogP contribution in [0.2, 0.25) is 0 Å². The van der Waals surface area contributed by atoms with Crippen LogP contribution in [-0.2, 0) is 0 Å². The molecule has 0 aliphatic carbocycles. The summed E-state index contributed by atoms with van der Waals surface area (Å²) in [5, 5.41) is 0. The Labute approximate surface area is 82.0 Å². The van der Waals surface area contributed by atoms with Crippen LogP contribution in [0.4, 0.5) is 8.78 Å². The minimum absolute atomic E-state index is 0.0617. The van der Waals surface area contributed by atoms with E-state index in [9.17, 15) is 8.78 Å². The van der Waals surface area contributed by atoms with Crippen molar-refractivity contribution in [3.63, 3.8) is 0 Å². The van der Waals surface area contributed by atoms with Gasteiger partial charge in [-0.1, -0.05) is 11.8 Å². The third-order valence-electron chi connectivity index (χ3n) is 1.60.